The van der Waals surface area contributed by atoms with Crippen molar-refractivity contribution in [3.63, 3.8) is 0 Å². The molecule has 2 heterocycles. The molecule has 2 aromatic carbocycles. The maximum absolute atomic E-state index is 13.3. The van der Waals surface area contributed by atoms with Crippen molar-refractivity contribution in [2.45, 2.75) is 19.0 Å². The van der Waals surface area contributed by atoms with Gasteiger partial charge in [0.15, 0.2) is 9.84 Å². The van der Waals surface area contributed by atoms with Crippen molar-refractivity contribution < 1.29 is 13.2 Å². The maximum Gasteiger partial charge on any atom is 0.267 e. The van der Waals surface area contributed by atoms with Gasteiger partial charge in [-0.15, -0.1) is 0 Å². The van der Waals surface area contributed by atoms with E-state index >= 15 is 0 Å². The molecule has 1 aliphatic heterocycles. The van der Waals surface area contributed by atoms with Crippen LogP contribution >= 0.6 is 11.6 Å². The zero-order valence-corrected chi connectivity index (χ0v) is 18.1. The number of hydrogen-bond acceptors (Lipinski definition) is 5. The van der Waals surface area contributed by atoms with Crippen LogP contribution in [0, 0.1) is 0 Å². The Morgan fingerprint density at radius 2 is 1.77 bits per heavy atom. The number of hydrogen-bond donors (Lipinski definition) is 0. The number of rotatable bonds is 5. The highest BCUT2D eigenvalue weighted by Crippen LogP contribution is 2.25. The van der Waals surface area contributed by atoms with Crippen LogP contribution in [0.5, 0.6) is 0 Å². The lowest BCUT2D eigenvalue weighted by Gasteiger charge is -2.28. The van der Waals surface area contributed by atoms with Gasteiger partial charge in [0.2, 0.25) is 5.91 Å². The number of carbonyl (C=O) groups is 1. The normalized spacial score (nSPS) is 17.4. The number of carbonyl (C=O) groups excluding carboxylic acids is 1. The molecule has 0 aliphatic carbocycles. The Balaban J connectivity index is 1.65. The molecule has 0 bridgehead atoms. The molecule has 1 fully saturated rings. The third kappa shape index (κ3) is 4.86. The molecule has 9 heteroatoms. The standard InChI is InChI=1S/C22H20ClN3O4S/c23-17-8-6-16(7-9-17)20-10-11-21(27)25(24-20)14-22(28)26(18-4-2-1-3-5-18)19-12-13-31(29,30)15-19/h1-11,19H,12-15H2. The van der Waals surface area contributed by atoms with Crippen LogP contribution in [0.3, 0.4) is 0 Å². The number of amides is 1. The average Bonchev–Trinajstić information content (AvgIpc) is 3.10. The van der Waals surface area contributed by atoms with Gasteiger partial charge in [-0.2, -0.15) is 5.10 Å². The predicted octanol–water partition coefficient (Wildman–Crippen LogP) is 2.78. The first-order valence-corrected chi connectivity index (χ1v) is 11.9. The van der Waals surface area contributed by atoms with Crippen molar-refractivity contribution in [2.24, 2.45) is 0 Å². The molecule has 3 aromatic rings. The summed E-state index contributed by atoms with van der Waals surface area (Å²) in [6, 6.07) is 18.4. The Morgan fingerprint density at radius 1 is 1.06 bits per heavy atom. The van der Waals surface area contributed by atoms with E-state index < -0.39 is 27.3 Å². The fourth-order valence-electron chi connectivity index (χ4n) is 3.67. The van der Waals surface area contributed by atoms with E-state index in [0.717, 1.165) is 10.2 Å². The summed E-state index contributed by atoms with van der Waals surface area (Å²) in [5.74, 6) is -0.449. The lowest BCUT2D eigenvalue weighted by Crippen LogP contribution is -2.44. The summed E-state index contributed by atoms with van der Waals surface area (Å²) in [5.41, 5.74) is 1.46. The zero-order valence-electron chi connectivity index (χ0n) is 16.5. The molecule has 4 rings (SSSR count). The Labute approximate surface area is 184 Å². The van der Waals surface area contributed by atoms with E-state index in [0.29, 0.717) is 22.8 Å². The van der Waals surface area contributed by atoms with Gasteiger partial charge in [0, 0.05) is 22.3 Å². The van der Waals surface area contributed by atoms with Gasteiger partial charge in [-0.25, -0.2) is 13.1 Å². The minimum Gasteiger partial charge on any atom is -0.307 e. The molecule has 0 radical (unpaired) electrons. The highest BCUT2D eigenvalue weighted by molar-refractivity contribution is 7.91. The van der Waals surface area contributed by atoms with Crippen LogP contribution in [0.2, 0.25) is 5.02 Å². The molecule has 1 saturated heterocycles. The summed E-state index contributed by atoms with van der Waals surface area (Å²) in [4.78, 5) is 27.1. The van der Waals surface area contributed by atoms with E-state index in [1.165, 1.54) is 11.0 Å². The first kappa shape index (κ1) is 21.3. The third-order valence-corrected chi connectivity index (χ3v) is 7.17. The highest BCUT2D eigenvalue weighted by atomic mass is 35.5. The van der Waals surface area contributed by atoms with Crippen molar-refractivity contribution >= 4 is 33.0 Å². The molecular weight excluding hydrogens is 438 g/mol. The average molecular weight is 458 g/mol. The molecule has 0 N–H and O–H groups in total. The van der Waals surface area contributed by atoms with E-state index in [-0.39, 0.29) is 18.1 Å². The fourth-order valence-corrected chi connectivity index (χ4v) is 5.49. The summed E-state index contributed by atoms with van der Waals surface area (Å²) < 4.78 is 25.1. The zero-order chi connectivity index (χ0) is 22.0. The van der Waals surface area contributed by atoms with Gasteiger partial charge in [0.25, 0.3) is 5.56 Å². The van der Waals surface area contributed by atoms with Crippen LogP contribution in [-0.4, -0.2) is 41.7 Å². The van der Waals surface area contributed by atoms with Crippen molar-refractivity contribution in [1.29, 1.82) is 0 Å². The van der Waals surface area contributed by atoms with Gasteiger partial charge in [0.1, 0.15) is 6.54 Å². The summed E-state index contributed by atoms with van der Waals surface area (Å²) in [6.07, 6.45) is 0.357. The largest absolute Gasteiger partial charge is 0.307 e. The van der Waals surface area contributed by atoms with E-state index in [2.05, 4.69) is 5.10 Å². The number of aromatic nitrogens is 2. The Hall–Kier alpha value is -2.97. The smallest absolute Gasteiger partial charge is 0.267 e. The molecule has 7 nitrogen and oxygen atoms in total. The van der Waals surface area contributed by atoms with Gasteiger partial charge < -0.3 is 4.90 Å². The number of anilines is 1. The Morgan fingerprint density at radius 3 is 2.42 bits per heavy atom. The first-order chi connectivity index (χ1) is 14.8. The molecule has 1 amide bonds. The Kier molecular flexibility index (Phi) is 5.93. The second-order valence-electron chi connectivity index (χ2n) is 7.38. The lowest BCUT2D eigenvalue weighted by molar-refractivity contribution is -0.119. The third-order valence-electron chi connectivity index (χ3n) is 5.17. The molecule has 1 unspecified atom stereocenters. The summed E-state index contributed by atoms with van der Waals surface area (Å²) in [5, 5.41) is 4.92. The van der Waals surface area contributed by atoms with Crippen molar-refractivity contribution in [1.82, 2.24) is 9.78 Å². The molecule has 0 spiro atoms. The summed E-state index contributed by atoms with van der Waals surface area (Å²) in [7, 11) is -3.20. The van der Waals surface area contributed by atoms with Gasteiger partial charge in [0.05, 0.1) is 23.2 Å². The summed E-state index contributed by atoms with van der Waals surface area (Å²) >= 11 is 5.93. The SMILES string of the molecule is O=C(Cn1nc(-c2ccc(Cl)cc2)ccc1=O)N(c1ccccc1)C1CCS(=O)(=O)C1. The van der Waals surface area contributed by atoms with Crippen molar-refractivity contribution in [3.05, 3.63) is 82.1 Å². The number of para-hydroxylation sites is 1. The van der Waals surface area contributed by atoms with Gasteiger partial charge in [-0.1, -0.05) is 41.9 Å². The molecule has 1 atom stereocenters. The molecule has 1 aliphatic rings. The predicted molar refractivity (Wildman–Crippen MR) is 120 cm³/mol. The maximum atomic E-state index is 13.3. The van der Waals surface area contributed by atoms with Gasteiger partial charge in [-0.3, -0.25) is 9.59 Å². The Bertz CT molecular complexity index is 1260. The van der Waals surface area contributed by atoms with E-state index in [4.69, 9.17) is 11.6 Å². The minimum absolute atomic E-state index is 0.0402. The molecular formula is C22H20ClN3O4S. The van der Waals surface area contributed by atoms with Gasteiger partial charge in [-0.05, 0) is 36.8 Å². The van der Waals surface area contributed by atoms with Crippen LogP contribution in [0.25, 0.3) is 11.3 Å². The van der Waals surface area contributed by atoms with Crippen LogP contribution in [-0.2, 0) is 21.2 Å². The minimum atomic E-state index is -3.20. The second kappa shape index (κ2) is 8.64. The second-order valence-corrected chi connectivity index (χ2v) is 10.0. The monoisotopic (exact) mass is 457 g/mol. The number of halogens is 1. The molecule has 31 heavy (non-hydrogen) atoms. The van der Waals surface area contributed by atoms with Crippen LogP contribution < -0.4 is 10.5 Å². The van der Waals surface area contributed by atoms with E-state index in [1.807, 2.05) is 6.07 Å². The van der Waals surface area contributed by atoms with E-state index in [9.17, 15) is 18.0 Å². The number of nitrogens with zero attached hydrogens (tertiary/aromatic N) is 3. The van der Waals surface area contributed by atoms with Crippen molar-refractivity contribution in [2.75, 3.05) is 16.4 Å². The van der Waals surface area contributed by atoms with Crippen LogP contribution in [0.1, 0.15) is 6.42 Å². The molecule has 0 saturated carbocycles. The quantitative estimate of drug-likeness (QED) is 0.587. The molecule has 1 aromatic heterocycles. The highest BCUT2D eigenvalue weighted by Gasteiger charge is 2.35. The lowest BCUT2D eigenvalue weighted by atomic mass is 10.1. The number of benzene rings is 2. The summed E-state index contributed by atoms with van der Waals surface area (Å²) in [6.45, 7) is -0.300. The topological polar surface area (TPSA) is 89.3 Å². The van der Waals surface area contributed by atoms with Crippen LogP contribution in [0.4, 0.5) is 5.69 Å². The van der Waals surface area contributed by atoms with Crippen LogP contribution in [0.15, 0.2) is 71.5 Å². The number of sulfone groups is 1. The van der Waals surface area contributed by atoms with E-state index in [1.54, 1.807) is 54.6 Å². The first-order valence-electron chi connectivity index (χ1n) is 9.74. The van der Waals surface area contributed by atoms with Crippen molar-refractivity contribution in [3.8, 4) is 11.3 Å². The molecule has 160 valence electrons. The van der Waals surface area contributed by atoms with Gasteiger partial charge >= 0.3 is 0 Å². The fraction of sp³-hybridized carbons (Fsp3) is 0.227.